The smallest absolute Gasteiger partial charge is 0.240 e. The summed E-state index contributed by atoms with van der Waals surface area (Å²) in [5, 5.41) is 2.96. The summed E-state index contributed by atoms with van der Waals surface area (Å²) in [7, 11) is 0. The lowest BCUT2D eigenvalue weighted by Crippen LogP contribution is -2.51. The van der Waals surface area contributed by atoms with Gasteiger partial charge in [0, 0.05) is 31.1 Å². The Balaban J connectivity index is 1.87. The van der Waals surface area contributed by atoms with Gasteiger partial charge < -0.3 is 19.4 Å². The van der Waals surface area contributed by atoms with Crippen LogP contribution in [0.4, 0.5) is 0 Å². The van der Waals surface area contributed by atoms with Gasteiger partial charge in [-0.3, -0.25) is 9.59 Å². The molecule has 23 heavy (non-hydrogen) atoms. The van der Waals surface area contributed by atoms with Gasteiger partial charge in [0.05, 0.1) is 25.4 Å². The van der Waals surface area contributed by atoms with Crippen molar-refractivity contribution in [3.8, 4) is 0 Å². The maximum Gasteiger partial charge on any atom is 0.240 e. The van der Waals surface area contributed by atoms with E-state index >= 15 is 0 Å². The third-order valence-electron chi connectivity index (χ3n) is 3.63. The van der Waals surface area contributed by atoms with Crippen LogP contribution in [0.3, 0.4) is 0 Å². The SMILES string of the molecule is CC(C)=CCO[C@H]1CCOC[C@H]1NC(=O)Cn1ccc(=O)cc1. The van der Waals surface area contributed by atoms with Crippen LogP contribution in [-0.4, -0.2) is 42.4 Å². The van der Waals surface area contributed by atoms with Gasteiger partial charge in [-0.15, -0.1) is 0 Å². The Hall–Kier alpha value is -1.92. The minimum atomic E-state index is -0.152. The summed E-state index contributed by atoms with van der Waals surface area (Å²) in [6.07, 6.45) is 5.94. The summed E-state index contributed by atoms with van der Waals surface area (Å²) in [6.45, 7) is 5.85. The van der Waals surface area contributed by atoms with E-state index in [1.165, 1.54) is 17.7 Å². The number of nitrogens with zero attached hydrogens (tertiary/aromatic N) is 1. The highest BCUT2D eigenvalue weighted by molar-refractivity contribution is 5.76. The minimum absolute atomic E-state index is 0.0442. The van der Waals surface area contributed by atoms with Crippen LogP contribution in [0.15, 0.2) is 41.0 Å². The Labute approximate surface area is 136 Å². The third kappa shape index (κ3) is 6.00. The molecule has 1 aromatic heterocycles. The van der Waals surface area contributed by atoms with Crippen LogP contribution in [-0.2, 0) is 20.8 Å². The highest BCUT2D eigenvalue weighted by atomic mass is 16.5. The number of carbonyl (C=O) groups excluding carboxylic acids is 1. The van der Waals surface area contributed by atoms with Crippen molar-refractivity contribution in [1.82, 2.24) is 9.88 Å². The molecule has 1 amide bonds. The normalized spacial score (nSPS) is 20.8. The summed E-state index contributed by atoms with van der Waals surface area (Å²) in [5.41, 5.74) is 1.13. The molecule has 1 N–H and O–H groups in total. The topological polar surface area (TPSA) is 69.6 Å². The van der Waals surface area contributed by atoms with Gasteiger partial charge in [-0.1, -0.05) is 11.6 Å². The zero-order chi connectivity index (χ0) is 16.7. The van der Waals surface area contributed by atoms with Gasteiger partial charge in [0.25, 0.3) is 0 Å². The van der Waals surface area contributed by atoms with E-state index in [1.807, 2.05) is 19.9 Å². The number of ether oxygens (including phenoxy) is 2. The number of pyridine rings is 1. The molecule has 0 radical (unpaired) electrons. The molecule has 0 unspecified atom stereocenters. The number of nitrogens with one attached hydrogen (secondary N) is 1. The fraction of sp³-hybridized carbons (Fsp3) is 0.529. The van der Waals surface area contributed by atoms with E-state index in [9.17, 15) is 9.59 Å². The van der Waals surface area contributed by atoms with Crippen LogP contribution in [0.2, 0.25) is 0 Å². The Morgan fingerprint density at radius 1 is 1.43 bits per heavy atom. The number of amides is 1. The molecule has 2 heterocycles. The number of aromatic nitrogens is 1. The molecular weight excluding hydrogens is 296 g/mol. The molecule has 1 aliphatic rings. The standard InChI is InChI=1S/C17H24N2O4/c1-13(2)5-10-23-16-6-9-22-12-15(16)18-17(21)11-19-7-3-14(20)4-8-19/h3-5,7-8,15-16H,6,9-12H2,1-2H3,(H,18,21)/t15-,16+/m1/s1. The predicted octanol–water partition coefficient (Wildman–Crippen LogP) is 1.10. The number of rotatable bonds is 6. The van der Waals surface area contributed by atoms with E-state index in [2.05, 4.69) is 5.32 Å². The zero-order valence-corrected chi connectivity index (χ0v) is 13.7. The molecule has 2 rings (SSSR count). The summed E-state index contributed by atoms with van der Waals surface area (Å²) in [6, 6.07) is 2.71. The van der Waals surface area contributed by atoms with Gasteiger partial charge in [0.1, 0.15) is 6.54 Å². The van der Waals surface area contributed by atoms with E-state index < -0.39 is 0 Å². The summed E-state index contributed by atoms with van der Waals surface area (Å²) >= 11 is 0. The molecule has 1 aromatic rings. The van der Waals surface area contributed by atoms with E-state index in [4.69, 9.17) is 9.47 Å². The number of allylic oxidation sites excluding steroid dienone is 1. The van der Waals surface area contributed by atoms with Crippen molar-refractivity contribution in [3.63, 3.8) is 0 Å². The Bertz CT molecular complexity index is 584. The van der Waals surface area contributed by atoms with Crippen molar-refractivity contribution in [2.45, 2.75) is 39.0 Å². The van der Waals surface area contributed by atoms with Gasteiger partial charge in [-0.05, 0) is 20.3 Å². The molecule has 126 valence electrons. The molecule has 1 aliphatic heterocycles. The lowest BCUT2D eigenvalue weighted by atomic mass is 10.1. The number of carbonyl (C=O) groups is 1. The van der Waals surface area contributed by atoms with Crippen molar-refractivity contribution >= 4 is 5.91 Å². The fourth-order valence-corrected chi connectivity index (χ4v) is 2.36. The summed E-state index contributed by atoms with van der Waals surface area (Å²) in [4.78, 5) is 23.2. The Kier molecular flexibility index (Phi) is 6.55. The highest BCUT2D eigenvalue weighted by Crippen LogP contribution is 2.12. The molecule has 0 bridgehead atoms. The quantitative estimate of drug-likeness (QED) is 0.797. The minimum Gasteiger partial charge on any atom is -0.379 e. The molecule has 1 fully saturated rings. The number of hydrogen-bond acceptors (Lipinski definition) is 4. The van der Waals surface area contributed by atoms with E-state index in [0.717, 1.165) is 6.42 Å². The molecule has 0 saturated carbocycles. The van der Waals surface area contributed by atoms with Crippen molar-refractivity contribution in [3.05, 3.63) is 46.4 Å². The van der Waals surface area contributed by atoms with Crippen molar-refractivity contribution in [1.29, 1.82) is 0 Å². The van der Waals surface area contributed by atoms with Crippen molar-refractivity contribution < 1.29 is 14.3 Å². The Morgan fingerprint density at radius 3 is 2.87 bits per heavy atom. The van der Waals surface area contributed by atoms with E-state index in [-0.39, 0.29) is 30.0 Å². The Morgan fingerprint density at radius 2 is 2.17 bits per heavy atom. The fourth-order valence-electron chi connectivity index (χ4n) is 2.36. The lowest BCUT2D eigenvalue weighted by molar-refractivity contribution is -0.126. The molecule has 1 saturated heterocycles. The van der Waals surface area contributed by atoms with Gasteiger partial charge in [0.2, 0.25) is 5.91 Å². The van der Waals surface area contributed by atoms with Crippen LogP contribution >= 0.6 is 0 Å². The largest absolute Gasteiger partial charge is 0.379 e. The van der Waals surface area contributed by atoms with Gasteiger partial charge in [0.15, 0.2) is 5.43 Å². The van der Waals surface area contributed by atoms with Gasteiger partial charge in [-0.25, -0.2) is 0 Å². The highest BCUT2D eigenvalue weighted by Gasteiger charge is 2.27. The molecule has 2 atom stereocenters. The molecule has 6 nitrogen and oxygen atoms in total. The first-order chi connectivity index (χ1) is 11.0. The second-order valence-electron chi connectivity index (χ2n) is 5.90. The molecular formula is C17H24N2O4. The van der Waals surface area contributed by atoms with E-state index in [1.54, 1.807) is 17.0 Å². The van der Waals surface area contributed by atoms with Crippen molar-refractivity contribution in [2.75, 3.05) is 19.8 Å². The first-order valence-electron chi connectivity index (χ1n) is 7.83. The molecule has 0 aromatic carbocycles. The third-order valence-corrected chi connectivity index (χ3v) is 3.63. The first-order valence-corrected chi connectivity index (χ1v) is 7.83. The predicted molar refractivity (Wildman–Crippen MR) is 87.2 cm³/mol. The monoisotopic (exact) mass is 320 g/mol. The zero-order valence-electron chi connectivity index (χ0n) is 13.7. The molecule has 0 spiro atoms. The second-order valence-corrected chi connectivity index (χ2v) is 5.90. The summed E-state index contributed by atoms with van der Waals surface area (Å²) < 4.78 is 13.0. The first kappa shape index (κ1) is 17.4. The van der Waals surface area contributed by atoms with Crippen LogP contribution in [0.5, 0.6) is 0 Å². The van der Waals surface area contributed by atoms with Crippen LogP contribution in [0, 0.1) is 0 Å². The molecule has 0 aliphatic carbocycles. The maximum atomic E-state index is 12.2. The number of hydrogen-bond donors (Lipinski definition) is 1. The second kappa shape index (κ2) is 8.64. The van der Waals surface area contributed by atoms with Crippen LogP contribution in [0.1, 0.15) is 20.3 Å². The van der Waals surface area contributed by atoms with E-state index in [0.29, 0.717) is 19.8 Å². The lowest BCUT2D eigenvalue weighted by Gasteiger charge is -2.32. The molecule has 6 heteroatoms. The maximum absolute atomic E-state index is 12.2. The average Bonchev–Trinajstić information content (AvgIpc) is 2.51. The van der Waals surface area contributed by atoms with Gasteiger partial charge >= 0.3 is 0 Å². The van der Waals surface area contributed by atoms with Gasteiger partial charge in [-0.2, -0.15) is 0 Å². The van der Waals surface area contributed by atoms with Crippen molar-refractivity contribution in [2.24, 2.45) is 0 Å². The van der Waals surface area contributed by atoms with Crippen LogP contribution < -0.4 is 10.7 Å². The summed E-state index contributed by atoms with van der Waals surface area (Å²) in [5.74, 6) is -0.125. The van der Waals surface area contributed by atoms with Crippen LogP contribution in [0.25, 0.3) is 0 Å². The average molecular weight is 320 g/mol.